The molecule has 4 nitrogen and oxygen atoms in total. The summed E-state index contributed by atoms with van der Waals surface area (Å²) in [4.78, 5) is 6.43. The molecule has 1 N–H and O–H groups in total. The van der Waals surface area contributed by atoms with Crippen LogP contribution in [0, 0.1) is 0 Å². The number of aromatic nitrogens is 1. The Bertz CT molecular complexity index is 608. The van der Waals surface area contributed by atoms with Gasteiger partial charge in [-0.15, -0.1) is 0 Å². The second-order valence-corrected chi connectivity index (χ2v) is 5.62. The van der Waals surface area contributed by atoms with Crippen LogP contribution < -0.4 is 15.0 Å². The Hall–Kier alpha value is -2.07. The molecule has 0 unspecified atom stereocenters. The van der Waals surface area contributed by atoms with Gasteiger partial charge in [-0.05, 0) is 31.0 Å². The molecule has 3 rings (SSSR count). The zero-order chi connectivity index (χ0) is 14.7. The Labute approximate surface area is 125 Å². The average Bonchev–Trinajstić information content (AvgIpc) is 3.31. The van der Waals surface area contributed by atoms with Crippen LogP contribution in [-0.2, 0) is 6.54 Å². The van der Waals surface area contributed by atoms with Crippen molar-refractivity contribution < 1.29 is 4.74 Å². The summed E-state index contributed by atoms with van der Waals surface area (Å²) in [5, 5.41) is 3.50. The molecule has 1 aliphatic carbocycles. The molecule has 0 radical (unpaired) electrons. The quantitative estimate of drug-likeness (QED) is 0.883. The fourth-order valence-electron chi connectivity index (χ4n) is 2.13. The number of benzene rings is 1. The number of pyridine rings is 1. The van der Waals surface area contributed by atoms with E-state index in [1.807, 2.05) is 38.4 Å². The highest BCUT2D eigenvalue weighted by Gasteiger charge is 2.20. The summed E-state index contributed by atoms with van der Waals surface area (Å²) >= 11 is 0. The molecule has 0 aliphatic heterocycles. The summed E-state index contributed by atoms with van der Waals surface area (Å²) in [5.41, 5.74) is 2.21. The monoisotopic (exact) mass is 283 g/mol. The minimum atomic E-state index is 0.676. The van der Waals surface area contributed by atoms with Crippen molar-refractivity contribution in [2.24, 2.45) is 0 Å². The first-order valence-corrected chi connectivity index (χ1v) is 7.35. The molecule has 110 valence electrons. The molecule has 1 fully saturated rings. The highest BCUT2D eigenvalue weighted by Crippen LogP contribution is 2.27. The number of nitrogens with one attached hydrogen (secondary N) is 1. The first-order valence-electron chi connectivity index (χ1n) is 7.35. The van der Waals surface area contributed by atoms with Crippen LogP contribution in [-0.4, -0.2) is 25.1 Å². The fraction of sp³-hybridized carbons (Fsp3) is 0.353. The van der Waals surface area contributed by atoms with Crippen molar-refractivity contribution in [2.45, 2.75) is 25.4 Å². The van der Waals surface area contributed by atoms with Crippen molar-refractivity contribution in [3.8, 4) is 11.6 Å². The van der Waals surface area contributed by atoms with Gasteiger partial charge in [-0.2, -0.15) is 0 Å². The molecule has 0 spiro atoms. The van der Waals surface area contributed by atoms with Gasteiger partial charge in [0, 0.05) is 50.2 Å². The molecular weight excluding hydrogens is 262 g/mol. The summed E-state index contributed by atoms with van der Waals surface area (Å²) < 4.78 is 5.98. The highest BCUT2D eigenvalue weighted by molar-refractivity contribution is 5.50. The number of rotatable bonds is 6. The van der Waals surface area contributed by atoms with E-state index >= 15 is 0 Å². The first kappa shape index (κ1) is 13.9. The van der Waals surface area contributed by atoms with Gasteiger partial charge in [0.1, 0.15) is 5.75 Å². The molecule has 1 heterocycles. The Kier molecular flexibility index (Phi) is 4.06. The van der Waals surface area contributed by atoms with Gasteiger partial charge in [-0.1, -0.05) is 12.1 Å². The summed E-state index contributed by atoms with van der Waals surface area (Å²) in [6.45, 7) is 0.807. The third-order valence-corrected chi connectivity index (χ3v) is 3.56. The van der Waals surface area contributed by atoms with Gasteiger partial charge in [-0.25, -0.2) is 4.98 Å². The molecule has 1 saturated carbocycles. The zero-order valence-electron chi connectivity index (χ0n) is 12.5. The molecule has 0 saturated heterocycles. The third-order valence-electron chi connectivity index (χ3n) is 3.56. The van der Waals surface area contributed by atoms with Crippen LogP contribution in [0.15, 0.2) is 42.6 Å². The van der Waals surface area contributed by atoms with E-state index in [1.54, 1.807) is 6.20 Å². The topological polar surface area (TPSA) is 37.4 Å². The molecule has 4 heteroatoms. The molecule has 2 aromatic rings. The van der Waals surface area contributed by atoms with Crippen LogP contribution in [0.5, 0.6) is 11.6 Å². The molecule has 0 atom stereocenters. The second-order valence-electron chi connectivity index (χ2n) is 5.62. The van der Waals surface area contributed by atoms with Crippen LogP contribution in [0.25, 0.3) is 0 Å². The van der Waals surface area contributed by atoms with E-state index in [1.165, 1.54) is 12.8 Å². The van der Waals surface area contributed by atoms with E-state index in [2.05, 4.69) is 27.3 Å². The maximum Gasteiger partial charge on any atom is 0.223 e. The lowest BCUT2D eigenvalue weighted by Gasteiger charge is -2.15. The van der Waals surface area contributed by atoms with E-state index < -0.39 is 0 Å². The lowest BCUT2D eigenvalue weighted by Crippen LogP contribution is -2.16. The maximum atomic E-state index is 5.98. The summed E-state index contributed by atoms with van der Waals surface area (Å²) in [5.74, 6) is 1.49. The molecule has 0 amide bonds. The van der Waals surface area contributed by atoms with E-state index in [4.69, 9.17) is 4.74 Å². The normalized spacial score (nSPS) is 14.0. The number of ether oxygens (including phenoxy) is 1. The van der Waals surface area contributed by atoms with Crippen LogP contribution >= 0.6 is 0 Å². The van der Waals surface area contributed by atoms with E-state index in [9.17, 15) is 0 Å². The third kappa shape index (κ3) is 3.73. The SMILES string of the molecule is CN(C)c1cccc(Oc2ncccc2CNC2CC2)c1. The van der Waals surface area contributed by atoms with Gasteiger partial charge < -0.3 is 15.0 Å². The van der Waals surface area contributed by atoms with Gasteiger partial charge in [-0.3, -0.25) is 0 Å². The predicted octanol–water partition coefficient (Wildman–Crippen LogP) is 3.19. The average molecular weight is 283 g/mol. The Morgan fingerprint density at radius 1 is 1.24 bits per heavy atom. The predicted molar refractivity (Wildman–Crippen MR) is 84.9 cm³/mol. The van der Waals surface area contributed by atoms with Crippen molar-refractivity contribution >= 4 is 5.69 Å². The summed E-state index contributed by atoms with van der Waals surface area (Å²) in [6.07, 6.45) is 4.33. The molecular formula is C17H21N3O. The van der Waals surface area contributed by atoms with Crippen LogP contribution in [0.2, 0.25) is 0 Å². The molecule has 0 bridgehead atoms. The van der Waals surface area contributed by atoms with Crippen molar-refractivity contribution in [1.29, 1.82) is 0 Å². The Balaban J connectivity index is 1.75. The summed E-state index contributed by atoms with van der Waals surface area (Å²) in [7, 11) is 4.04. The Morgan fingerprint density at radius 2 is 2.10 bits per heavy atom. The van der Waals surface area contributed by atoms with E-state index in [0.29, 0.717) is 11.9 Å². The molecule has 1 aliphatic rings. The molecule has 1 aromatic carbocycles. The highest BCUT2D eigenvalue weighted by atomic mass is 16.5. The van der Waals surface area contributed by atoms with E-state index in [0.717, 1.165) is 23.5 Å². The van der Waals surface area contributed by atoms with E-state index in [-0.39, 0.29) is 0 Å². The van der Waals surface area contributed by atoms with Crippen LogP contribution in [0.3, 0.4) is 0 Å². The van der Waals surface area contributed by atoms with Gasteiger partial charge in [0.15, 0.2) is 0 Å². The number of hydrogen-bond acceptors (Lipinski definition) is 4. The first-order chi connectivity index (χ1) is 10.2. The van der Waals surface area contributed by atoms with Crippen LogP contribution in [0.4, 0.5) is 5.69 Å². The second kappa shape index (κ2) is 6.14. The molecule has 21 heavy (non-hydrogen) atoms. The fourth-order valence-corrected chi connectivity index (χ4v) is 2.13. The Morgan fingerprint density at radius 3 is 2.86 bits per heavy atom. The number of hydrogen-bond donors (Lipinski definition) is 1. The minimum Gasteiger partial charge on any atom is -0.439 e. The van der Waals surface area contributed by atoms with Crippen molar-refractivity contribution in [3.63, 3.8) is 0 Å². The number of nitrogens with zero attached hydrogens (tertiary/aromatic N) is 2. The minimum absolute atomic E-state index is 0.676. The lowest BCUT2D eigenvalue weighted by atomic mass is 10.2. The maximum absolute atomic E-state index is 5.98. The van der Waals surface area contributed by atoms with Gasteiger partial charge in [0.05, 0.1) is 0 Å². The largest absolute Gasteiger partial charge is 0.439 e. The van der Waals surface area contributed by atoms with Gasteiger partial charge >= 0.3 is 0 Å². The smallest absolute Gasteiger partial charge is 0.223 e. The van der Waals surface area contributed by atoms with Crippen molar-refractivity contribution in [1.82, 2.24) is 10.3 Å². The van der Waals surface area contributed by atoms with Crippen molar-refractivity contribution in [2.75, 3.05) is 19.0 Å². The lowest BCUT2D eigenvalue weighted by molar-refractivity contribution is 0.453. The summed E-state index contributed by atoms with van der Waals surface area (Å²) in [6, 6.07) is 12.7. The van der Waals surface area contributed by atoms with Crippen molar-refractivity contribution in [3.05, 3.63) is 48.2 Å². The zero-order valence-corrected chi connectivity index (χ0v) is 12.5. The van der Waals surface area contributed by atoms with Gasteiger partial charge in [0.25, 0.3) is 0 Å². The van der Waals surface area contributed by atoms with Gasteiger partial charge in [0.2, 0.25) is 5.88 Å². The number of anilines is 1. The van der Waals surface area contributed by atoms with Crippen LogP contribution in [0.1, 0.15) is 18.4 Å². The standard InChI is InChI=1S/C17H21N3O/c1-20(2)15-6-3-7-16(11-15)21-17-13(5-4-10-18-17)12-19-14-8-9-14/h3-7,10-11,14,19H,8-9,12H2,1-2H3. The molecule has 1 aromatic heterocycles.